The average molecular weight is 317 g/mol. The second-order valence-corrected chi connectivity index (χ2v) is 6.18. The predicted molar refractivity (Wildman–Crippen MR) is 87.4 cm³/mol. The third-order valence-corrected chi connectivity index (χ3v) is 4.54. The summed E-state index contributed by atoms with van der Waals surface area (Å²) in [6.45, 7) is 6.23. The first-order valence-corrected chi connectivity index (χ1v) is 7.72. The van der Waals surface area contributed by atoms with Crippen LogP contribution in [0.5, 0.6) is 0 Å². The van der Waals surface area contributed by atoms with Gasteiger partial charge in [-0.05, 0) is 44.2 Å². The van der Waals surface area contributed by atoms with E-state index in [4.69, 9.17) is 0 Å². The SMILES string of the molecule is C=C[C@](C)(/C=C/C1=CCCCC1)c1ccccc1Br. The van der Waals surface area contributed by atoms with Crippen molar-refractivity contribution in [3.05, 3.63) is 70.8 Å². The Bertz CT molecular complexity index is 510. The van der Waals surface area contributed by atoms with Crippen molar-refractivity contribution in [3.63, 3.8) is 0 Å². The van der Waals surface area contributed by atoms with Gasteiger partial charge < -0.3 is 0 Å². The monoisotopic (exact) mass is 316 g/mol. The lowest BCUT2D eigenvalue weighted by Gasteiger charge is -2.24. The highest BCUT2D eigenvalue weighted by atomic mass is 79.9. The molecule has 0 N–H and O–H groups in total. The molecule has 0 aromatic heterocycles. The van der Waals surface area contributed by atoms with Crippen LogP contribution in [-0.4, -0.2) is 0 Å². The molecule has 0 saturated heterocycles. The lowest BCUT2D eigenvalue weighted by Crippen LogP contribution is -2.16. The van der Waals surface area contributed by atoms with Crippen molar-refractivity contribution in [2.24, 2.45) is 0 Å². The number of allylic oxidation sites excluding steroid dienone is 5. The molecule has 0 bridgehead atoms. The van der Waals surface area contributed by atoms with Gasteiger partial charge in [-0.3, -0.25) is 0 Å². The van der Waals surface area contributed by atoms with Crippen LogP contribution < -0.4 is 0 Å². The molecule has 0 heterocycles. The Morgan fingerprint density at radius 2 is 2.05 bits per heavy atom. The van der Waals surface area contributed by atoms with Crippen LogP contribution in [-0.2, 0) is 5.41 Å². The van der Waals surface area contributed by atoms with Crippen LogP contribution in [0.25, 0.3) is 0 Å². The summed E-state index contributed by atoms with van der Waals surface area (Å²) in [6, 6.07) is 8.37. The van der Waals surface area contributed by atoms with E-state index >= 15 is 0 Å². The minimum absolute atomic E-state index is 0.127. The Hall–Kier alpha value is -1.08. The molecule has 0 unspecified atom stereocenters. The summed E-state index contributed by atoms with van der Waals surface area (Å²) in [6.07, 6.45) is 14.0. The van der Waals surface area contributed by atoms with E-state index in [-0.39, 0.29) is 5.41 Å². The zero-order valence-electron chi connectivity index (χ0n) is 11.5. The van der Waals surface area contributed by atoms with Crippen molar-refractivity contribution >= 4 is 15.9 Å². The molecule has 1 aromatic carbocycles. The second kappa shape index (κ2) is 6.38. The molecule has 0 aliphatic heterocycles. The maximum absolute atomic E-state index is 4.02. The number of halogens is 1. The van der Waals surface area contributed by atoms with Crippen LogP contribution in [0.1, 0.15) is 38.2 Å². The Morgan fingerprint density at radius 1 is 1.26 bits per heavy atom. The van der Waals surface area contributed by atoms with Gasteiger partial charge in [0.25, 0.3) is 0 Å². The number of benzene rings is 1. The summed E-state index contributed by atoms with van der Waals surface area (Å²) < 4.78 is 1.14. The summed E-state index contributed by atoms with van der Waals surface area (Å²) in [5, 5.41) is 0. The highest BCUT2D eigenvalue weighted by Crippen LogP contribution is 2.33. The van der Waals surface area contributed by atoms with Crippen molar-refractivity contribution in [3.8, 4) is 0 Å². The molecule has 1 aromatic rings. The molecule has 0 amide bonds. The molecule has 0 nitrogen and oxygen atoms in total. The zero-order valence-corrected chi connectivity index (χ0v) is 13.1. The van der Waals surface area contributed by atoms with Gasteiger partial charge in [0, 0.05) is 9.89 Å². The fourth-order valence-electron chi connectivity index (χ4n) is 2.46. The first kappa shape index (κ1) is 14.3. The van der Waals surface area contributed by atoms with Crippen LogP contribution in [0, 0.1) is 0 Å². The summed E-state index contributed by atoms with van der Waals surface area (Å²) in [7, 11) is 0. The van der Waals surface area contributed by atoms with E-state index in [2.05, 4.69) is 65.9 Å². The van der Waals surface area contributed by atoms with Gasteiger partial charge in [0.1, 0.15) is 0 Å². The van der Waals surface area contributed by atoms with Crippen LogP contribution in [0.2, 0.25) is 0 Å². The third-order valence-electron chi connectivity index (χ3n) is 3.85. The fourth-order valence-corrected chi connectivity index (χ4v) is 3.17. The smallest absolute Gasteiger partial charge is 0.0295 e. The van der Waals surface area contributed by atoms with E-state index in [0.29, 0.717) is 0 Å². The van der Waals surface area contributed by atoms with Crippen molar-refractivity contribution in [1.29, 1.82) is 0 Å². The van der Waals surface area contributed by atoms with Gasteiger partial charge in [-0.1, -0.05) is 64.0 Å². The summed E-state index contributed by atoms with van der Waals surface area (Å²) >= 11 is 3.64. The molecule has 1 atom stereocenters. The number of rotatable bonds is 4. The Labute approximate surface area is 125 Å². The largest absolute Gasteiger partial charge is 0.102 e. The first-order valence-electron chi connectivity index (χ1n) is 6.92. The molecular weight excluding hydrogens is 296 g/mol. The van der Waals surface area contributed by atoms with Crippen molar-refractivity contribution < 1.29 is 0 Å². The van der Waals surface area contributed by atoms with Crippen LogP contribution in [0.3, 0.4) is 0 Å². The predicted octanol–water partition coefficient (Wildman–Crippen LogP) is 5.95. The van der Waals surface area contributed by atoms with Gasteiger partial charge in [-0.2, -0.15) is 0 Å². The summed E-state index contributed by atoms with van der Waals surface area (Å²) in [5.41, 5.74) is 2.60. The molecule has 100 valence electrons. The zero-order chi connectivity index (χ0) is 13.7. The highest BCUT2D eigenvalue weighted by Gasteiger charge is 2.21. The molecule has 1 aliphatic carbocycles. The minimum Gasteiger partial charge on any atom is -0.102 e. The fraction of sp³-hybridized carbons (Fsp3) is 0.333. The Morgan fingerprint density at radius 3 is 2.68 bits per heavy atom. The molecule has 0 spiro atoms. The number of hydrogen-bond acceptors (Lipinski definition) is 0. The summed E-state index contributed by atoms with van der Waals surface area (Å²) in [5.74, 6) is 0. The molecular formula is C18H21Br. The van der Waals surface area contributed by atoms with Gasteiger partial charge in [0.05, 0.1) is 0 Å². The van der Waals surface area contributed by atoms with E-state index in [1.54, 1.807) is 0 Å². The molecule has 1 aliphatic rings. The quantitative estimate of drug-likeness (QED) is 0.602. The van der Waals surface area contributed by atoms with E-state index in [0.717, 1.165) is 4.47 Å². The van der Waals surface area contributed by atoms with Gasteiger partial charge >= 0.3 is 0 Å². The third kappa shape index (κ3) is 3.48. The van der Waals surface area contributed by atoms with Crippen LogP contribution in [0.15, 0.2) is 65.2 Å². The van der Waals surface area contributed by atoms with Gasteiger partial charge in [0.15, 0.2) is 0 Å². The van der Waals surface area contributed by atoms with Crippen LogP contribution in [0.4, 0.5) is 0 Å². The second-order valence-electron chi connectivity index (χ2n) is 5.32. The molecule has 0 fully saturated rings. The lowest BCUT2D eigenvalue weighted by molar-refractivity contribution is 0.707. The standard InChI is InChI=1S/C18H21Br/c1-3-18(2,16-11-7-8-12-17(16)19)14-13-15-9-5-4-6-10-15/h3,7-9,11-14H,1,4-6,10H2,2H3/b14-13+/t18-/m1/s1. The molecule has 2 rings (SSSR count). The van der Waals surface area contributed by atoms with Gasteiger partial charge in [0.2, 0.25) is 0 Å². The molecule has 1 heteroatoms. The maximum atomic E-state index is 4.02. The first-order chi connectivity index (χ1) is 9.15. The van der Waals surface area contributed by atoms with E-state index in [1.165, 1.54) is 36.8 Å². The van der Waals surface area contributed by atoms with Crippen molar-refractivity contribution in [2.75, 3.05) is 0 Å². The normalized spacial score (nSPS) is 18.9. The van der Waals surface area contributed by atoms with Gasteiger partial charge in [-0.25, -0.2) is 0 Å². The van der Waals surface area contributed by atoms with E-state index in [9.17, 15) is 0 Å². The maximum Gasteiger partial charge on any atom is 0.0295 e. The lowest BCUT2D eigenvalue weighted by atomic mass is 9.81. The summed E-state index contributed by atoms with van der Waals surface area (Å²) in [4.78, 5) is 0. The molecule has 0 radical (unpaired) electrons. The highest BCUT2D eigenvalue weighted by molar-refractivity contribution is 9.10. The molecule has 19 heavy (non-hydrogen) atoms. The van der Waals surface area contributed by atoms with E-state index in [1.807, 2.05) is 12.1 Å². The minimum atomic E-state index is -0.127. The number of hydrogen-bond donors (Lipinski definition) is 0. The van der Waals surface area contributed by atoms with Crippen LogP contribution >= 0.6 is 15.9 Å². The Balaban J connectivity index is 2.28. The molecule has 0 saturated carbocycles. The topological polar surface area (TPSA) is 0 Å². The van der Waals surface area contributed by atoms with Crippen molar-refractivity contribution in [2.45, 2.75) is 38.0 Å². The van der Waals surface area contributed by atoms with Crippen molar-refractivity contribution in [1.82, 2.24) is 0 Å². The average Bonchev–Trinajstić information content (AvgIpc) is 2.46. The Kier molecular flexibility index (Phi) is 4.81. The van der Waals surface area contributed by atoms with Gasteiger partial charge in [-0.15, -0.1) is 6.58 Å². The van der Waals surface area contributed by atoms with E-state index < -0.39 is 0 Å².